The number of carbonyl (C=O) groups is 1. The number of rotatable bonds is 4. The minimum Gasteiger partial charge on any atom is -0.361 e. The van der Waals surface area contributed by atoms with Crippen LogP contribution in [0, 0.1) is 16.0 Å². The molecule has 0 unspecified atom stereocenters. The number of anilines is 1. The van der Waals surface area contributed by atoms with Gasteiger partial charge in [0.1, 0.15) is 0 Å². The number of aromatic nitrogens is 1. The van der Waals surface area contributed by atoms with E-state index in [1.807, 2.05) is 18.7 Å². The van der Waals surface area contributed by atoms with Gasteiger partial charge in [0.2, 0.25) is 11.7 Å². The quantitative estimate of drug-likeness (QED) is 0.677. The van der Waals surface area contributed by atoms with Gasteiger partial charge >= 0.3 is 5.69 Å². The average Bonchev–Trinajstić information content (AvgIpc) is 2.47. The number of amides is 1. The summed E-state index contributed by atoms with van der Waals surface area (Å²) in [7, 11) is 0. The van der Waals surface area contributed by atoms with Crippen molar-refractivity contribution in [1.29, 1.82) is 0 Å². The van der Waals surface area contributed by atoms with E-state index >= 15 is 0 Å². The maximum Gasteiger partial charge on any atom is 0.311 e. The highest BCUT2D eigenvalue weighted by atomic mass is 16.6. The molecule has 2 heterocycles. The molecule has 1 N–H and O–H groups in total. The van der Waals surface area contributed by atoms with Crippen molar-refractivity contribution in [1.82, 2.24) is 9.88 Å². The number of hydrogen-bond donors (Lipinski definition) is 1. The minimum atomic E-state index is -0.438. The van der Waals surface area contributed by atoms with Crippen molar-refractivity contribution in [2.45, 2.75) is 32.7 Å². The average molecular weight is 292 g/mol. The lowest BCUT2D eigenvalue weighted by atomic mass is 10.0. The van der Waals surface area contributed by atoms with Gasteiger partial charge in [0.15, 0.2) is 0 Å². The summed E-state index contributed by atoms with van der Waals surface area (Å²) in [5, 5.41) is 14.1. The first-order valence-corrected chi connectivity index (χ1v) is 7.13. The van der Waals surface area contributed by atoms with Gasteiger partial charge in [-0.25, -0.2) is 4.98 Å². The van der Waals surface area contributed by atoms with Gasteiger partial charge in [-0.05, 0) is 18.9 Å². The molecule has 1 saturated heterocycles. The van der Waals surface area contributed by atoms with Crippen LogP contribution in [0.25, 0.3) is 0 Å². The highest BCUT2D eigenvalue weighted by Gasteiger charge is 2.26. The molecule has 1 aliphatic rings. The normalized spacial score (nSPS) is 16.0. The van der Waals surface area contributed by atoms with Crippen molar-refractivity contribution in [2.75, 3.05) is 18.4 Å². The maximum atomic E-state index is 11.9. The van der Waals surface area contributed by atoms with E-state index in [0.29, 0.717) is 18.9 Å². The van der Waals surface area contributed by atoms with Gasteiger partial charge in [0.25, 0.3) is 0 Å². The third-order valence-electron chi connectivity index (χ3n) is 3.62. The van der Waals surface area contributed by atoms with Crippen LogP contribution in [0.3, 0.4) is 0 Å². The van der Waals surface area contributed by atoms with E-state index in [4.69, 9.17) is 0 Å². The molecule has 2 rings (SSSR count). The van der Waals surface area contributed by atoms with Crippen molar-refractivity contribution < 1.29 is 9.72 Å². The molecular formula is C14H20N4O3. The molecule has 0 aliphatic carbocycles. The van der Waals surface area contributed by atoms with E-state index in [1.54, 1.807) is 6.07 Å². The zero-order valence-electron chi connectivity index (χ0n) is 12.3. The molecule has 1 aromatic rings. The van der Waals surface area contributed by atoms with E-state index in [9.17, 15) is 14.9 Å². The predicted molar refractivity (Wildman–Crippen MR) is 79.0 cm³/mol. The van der Waals surface area contributed by atoms with Crippen molar-refractivity contribution in [3.63, 3.8) is 0 Å². The lowest BCUT2D eigenvalue weighted by Crippen LogP contribution is -2.44. The molecule has 7 heteroatoms. The number of nitrogens with zero attached hydrogens (tertiary/aromatic N) is 3. The molecule has 1 amide bonds. The highest BCUT2D eigenvalue weighted by Crippen LogP contribution is 2.24. The zero-order chi connectivity index (χ0) is 15.4. The second-order valence-corrected chi connectivity index (χ2v) is 5.53. The van der Waals surface area contributed by atoms with Crippen molar-refractivity contribution in [3.8, 4) is 0 Å². The standard InChI is InChI=1S/C14H20N4O3/c1-10(2)14(19)17-8-5-11(6-9-17)16-13-12(18(20)21)4-3-7-15-13/h3-4,7,10-11H,5-6,8-9H2,1-2H3,(H,15,16). The molecule has 0 spiro atoms. The van der Waals surface area contributed by atoms with Crippen LogP contribution in [0.2, 0.25) is 0 Å². The van der Waals surface area contributed by atoms with E-state index in [2.05, 4.69) is 10.3 Å². The van der Waals surface area contributed by atoms with Crippen molar-refractivity contribution >= 4 is 17.4 Å². The Morgan fingerprint density at radius 3 is 2.71 bits per heavy atom. The van der Waals surface area contributed by atoms with Crippen molar-refractivity contribution in [3.05, 3.63) is 28.4 Å². The molecule has 0 radical (unpaired) electrons. The predicted octanol–water partition coefficient (Wildman–Crippen LogP) is 2.05. The Morgan fingerprint density at radius 2 is 2.14 bits per heavy atom. The van der Waals surface area contributed by atoms with Gasteiger partial charge in [0.05, 0.1) is 4.92 Å². The summed E-state index contributed by atoms with van der Waals surface area (Å²) < 4.78 is 0. The first-order valence-electron chi connectivity index (χ1n) is 7.13. The van der Waals surface area contributed by atoms with Crippen LogP contribution in [-0.2, 0) is 4.79 Å². The summed E-state index contributed by atoms with van der Waals surface area (Å²) in [6.07, 6.45) is 3.07. The number of pyridine rings is 1. The molecule has 0 aromatic carbocycles. The highest BCUT2D eigenvalue weighted by molar-refractivity contribution is 5.78. The van der Waals surface area contributed by atoms with Gasteiger partial charge in [-0.2, -0.15) is 0 Å². The van der Waals surface area contributed by atoms with Gasteiger partial charge in [-0.3, -0.25) is 14.9 Å². The van der Waals surface area contributed by atoms with Gasteiger partial charge in [0, 0.05) is 37.3 Å². The fourth-order valence-corrected chi connectivity index (χ4v) is 2.46. The Labute approximate surface area is 123 Å². The lowest BCUT2D eigenvalue weighted by molar-refractivity contribution is -0.384. The SMILES string of the molecule is CC(C)C(=O)N1CCC(Nc2ncccc2[N+](=O)[O-])CC1. The third kappa shape index (κ3) is 3.68. The molecule has 1 fully saturated rings. The summed E-state index contributed by atoms with van der Waals surface area (Å²) in [4.78, 5) is 28.3. The molecule has 0 saturated carbocycles. The van der Waals surface area contributed by atoms with Gasteiger partial charge < -0.3 is 10.2 Å². The summed E-state index contributed by atoms with van der Waals surface area (Å²) in [6, 6.07) is 3.09. The Kier molecular flexibility index (Phi) is 4.72. The van der Waals surface area contributed by atoms with Crippen LogP contribution in [0.4, 0.5) is 11.5 Å². The zero-order valence-corrected chi connectivity index (χ0v) is 12.3. The molecule has 114 valence electrons. The van der Waals surface area contributed by atoms with Crippen LogP contribution in [0.1, 0.15) is 26.7 Å². The first kappa shape index (κ1) is 15.2. The largest absolute Gasteiger partial charge is 0.361 e. The number of nitrogens with one attached hydrogen (secondary N) is 1. The van der Waals surface area contributed by atoms with Crippen molar-refractivity contribution in [2.24, 2.45) is 5.92 Å². The van der Waals surface area contributed by atoms with E-state index in [1.165, 1.54) is 12.3 Å². The maximum absolute atomic E-state index is 11.9. The Hall–Kier alpha value is -2.18. The van der Waals surface area contributed by atoms with E-state index in [0.717, 1.165) is 12.8 Å². The fourth-order valence-electron chi connectivity index (χ4n) is 2.46. The van der Waals surface area contributed by atoms with E-state index in [-0.39, 0.29) is 23.6 Å². The summed E-state index contributed by atoms with van der Waals surface area (Å²) in [5.74, 6) is 0.472. The second-order valence-electron chi connectivity index (χ2n) is 5.53. The number of nitro groups is 1. The summed E-state index contributed by atoms with van der Waals surface area (Å²) in [5.41, 5.74) is -0.0156. The smallest absolute Gasteiger partial charge is 0.311 e. The summed E-state index contributed by atoms with van der Waals surface area (Å²) >= 11 is 0. The van der Waals surface area contributed by atoms with Crippen LogP contribution >= 0.6 is 0 Å². The Morgan fingerprint density at radius 1 is 1.48 bits per heavy atom. The monoisotopic (exact) mass is 292 g/mol. The van der Waals surface area contributed by atoms with Crippen LogP contribution in [-0.4, -0.2) is 39.8 Å². The van der Waals surface area contributed by atoms with Crippen LogP contribution < -0.4 is 5.32 Å². The van der Waals surface area contributed by atoms with Gasteiger partial charge in [-0.1, -0.05) is 13.8 Å². The number of likely N-dealkylation sites (tertiary alicyclic amines) is 1. The third-order valence-corrected chi connectivity index (χ3v) is 3.62. The Bertz CT molecular complexity index is 525. The fraction of sp³-hybridized carbons (Fsp3) is 0.571. The molecular weight excluding hydrogens is 272 g/mol. The lowest BCUT2D eigenvalue weighted by Gasteiger charge is -2.33. The molecule has 1 aromatic heterocycles. The number of carbonyl (C=O) groups excluding carboxylic acids is 1. The van der Waals surface area contributed by atoms with Gasteiger partial charge in [-0.15, -0.1) is 0 Å². The first-order chi connectivity index (χ1) is 9.99. The molecule has 0 bridgehead atoms. The van der Waals surface area contributed by atoms with Crippen LogP contribution in [0.15, 0.2) is 18.3 Å². The van der Waals surface area contributed by atoms with Crippen LogP contribution in [0.5, 0.6) is 0 Å². The molecule has 0 atom stereocenters. The second kappa shape index (κ2) is 6.51. The minimum absolute atomic E-state index is 0.00591. The number of hydrogen-bond acceptors (Lipinski definition) is 5. The summed E-state index contributed by atoms with van der Waals surface area (Å²) in [6.45, 7) is 5.14. The van der Waals surface area contributed by atoms with E-state index < -0.39 is 4.92 Å². The molecule has 21 heavy (non-hydrogen) atoms. The topological polar surface area (TPSA) is 88.4 Å². The number of piperidine rings is 1. The molecule has 7 nitrogen and oxygen atoms in total. The molecule has 1 aliphatic heterocycles. The Balaban J connectivity index is 1.95.